The minimum absolute atomic E-state index is 0.0599. The number of hydrogen-bond donors (Lipinski definition) is 0. The van der Waals surface area contributed by atoms with Crippen molar-refractivity contribution in [2.75, 3.05) is 25.0 Å². The van der Waals surface area contributed by atoms with Crippen molar-refractivity contribution in [2.45, 2.75) is 26.3 Å². The van der Waals surface area contributed by atoms with Gasteiger partial charge in [0.05, 0.1) is 5.02 Å². The van der Waals surface area contributed by atoms with Crippen molar-refractivity contribution in [1.29, 1.82) is 0 Å². The van der Waals surface area contributed by atoms with Crippen LogP contribution in [0.1, 0.15) is 31.1 Å². The molecule has 0 N–H and O–H groups in total. The molecule has 0 aliphatic carbocycles. The van der Waals surface area contributed by atoms with Gasteiger partial charge in [-0.3, -0.25) is 9.59 Å². The quantitative estimate of drug-likeness (QED) is 0.787. The van der Waals surface area contributed by atoms with E-state index >= 15 is 0 Å². The summed E-state index contributed by atoms with van der Waals surface area (Å²) in [5.74, 6) is 0.0192. The molecule has 1 amide bonds. The third-order valence-electron chi connectivity index (χ3n) is 3.85. The minimum atomic E-state index is -0.617. The van der Waals surface area contributed by atoms with Gasteiger partial charge in [-0.1, -0.05) is 11.6 Å². The summed E-state index contributed by atoms with van der Waals surface area (Å²) in [6.45, 7) is 6.71. The van der Waals surface area contributed by atoms with Gasteiger partial charge < -0.3 is 9.80 Å². The first-order valence-electron chi connectivity index (χ1n) is 6.59. The van der Waals surface area contributed by atoms with Gasteiger partial charge in [0.2, 0.25) is 5.91 Å². The topological polar surface area (TPSA) is 40.6 Å². The lowest BCUT2D eigenvalue weighted by molar-refractivity contribution is -0.136. The van der Waals surface area contributed by atoms with Crippen molar-refractivity contribution < 1.29 is 9.59 Å². The predicted octanol–water partition coefficient (Wildman–Crippen LogP) is 2.60. The van der Waals surface area contributed by atoms with Crippen LogP contribution in [0, 0.1) is 0 Å². The lowest BCUT2D eigenvalue weighted by Gasteiger charge is -2.46. The molecule has 0 bridgehead atoms. The van der Waals surface area contributed by atoms with Crippen LogP contribution in [0.3, 0.4) is 0 Å². The summed E-state index contributed by atoms with van der Waals surface area (Å²) >= 11 is 6.16. The first-order valence-corrected chi connectivity index (χ1v) is 6.96. The Labute approximate surface area is 124 Å². The highest BCUT2D eigenvalue weighted by molar-refractivity contribution is 6.34. The molecule has 1 aliphatic heterocycles. The third-order valence-corrected chi connectivity index (χ3v) is 4.16. The van der Waals surface area contributed by atoms with Crippen LogP contribution in [0.4, 0.5) is 5.69 Å². The standard InChI is InChI=1S/C15H19ClN2O2/c1-10(19)12-6-5-11(9-13(12)16)18-8-7-17(4)14(20)15(18,2)3/h5-6,9H,7-8H2,1-4H3. The molecule has 0 saturated carbocycles. The van der Waals surface area contributed by atoms with E-state index in [2.05, 4.69) is 0 Å². The lowest BCUT2D eigenvalue weighted by atomic mass is 9.96. The molecular formula is C15H19ClN2O2. The average Bonchev–Trinajstić information content (AvgIpc) is 2.35. The van der Waals surface area contributed by atoms with Gasteiger partial charge in [-0.25, -0.2) is 0 Å². The molecule has 1 saturated heterocycles. The molecule has 0 spiro atoms. The van der Waals surface area contributed by atoms with E-state index in [4.69, 9.17) is 11.6 Å². The van der Waals surface area contributed by atoms with Crippen LogP contribution in [-0.4, -0.2) is 42.3 Å². The Bertz CT molecular complexity index is 569. The average molecular weight is 295 g/mol. The molecule has 1 heterocycles. The number of amides is 1. The van der Waals surface area contributed by atoms with Crippen LogP contribution in [0.25, 0.3) is 0 Å². The highest BCUT2D eigenvalue weighted by Crippen LogP contribution is 2.31. The van der Waals surface area contributed by atoms with Crippen molar-refractivity contribution in [2.24, 2.45) is 0 Å². The highest BCUT2D eigenvalue weighted by Gasteiger charge is 2.40. The summed E-state index contributed by atoms with van der Waals surface area (Å²) in [6.07, 6.45) is 0. The van der Waals surface area contributed by atoms with Gasteiger partial charge in [0.1, 0.15) is 5.54 Å². The number of carbonyl (C=O) groups excluding carboxylic acids is 2. The van der Waals surface area contributed by atoms with Gasteiger partial charge in [0.25, 0.3) is 0 Å². The maximum absolute atomic E-state index is 12.3. The molecule has 4 nitrogen and oxygen atoms in total. The van der Waals surface area contributed by atoms with E-state index < -0.39 is 5.54 Å². The summed E-state index contributed by atoms with van der Waals surface area (Å²) in [7, 11) is 1.81. The predicted molar refractivity (Wildman–Crippen MR) is 80.5 cm³/mol. The van der Waals surface area contributed by atoms with E-state index in [-0.39, 0.29) is 11.7 Å². The number of nitrogens with zero attached hydrogens (tertiary/aromatic N) is 2. The number of benzene rings is 1. The Hall–Kier alpha value is -1.55. The number of Topliss-reactive ketones (excluding diaryl/α,β-unsaturated/α-hetero) is 1. The summed E-state index contributed by atoms with van der Waals surface area (Å²) in [4.78, 5) is 27.5. The first-order chi connectivity index (χ1) is 9.25. The van der Waals surface area contributed by atoms with E-state index in [1.165, 1.54) is 6.92 Å². The van der Waals surface area contributed by atoms with Gasteiger partial charge in [-0.2, -0.15) is 0 Å². The first kappa shape index (κ1) is 14.9. The number of anilines is 1. The van der Waals surface area contributed by atoms with Crippen molar-refractivity contribution in [3.05, 3.63) is 28.8 Å². The Morgan fingerprint density at radius 2 is 1.95 bits per heavy atom. The molecule has 108 valence electrons. The van der Waals surface area contributed by atoms with Gasteiger partial charge in [0, 0.05) is 31.4 Å². The maximum Gasteiger partial charge on any atom is 0.247 e. The number of carbonyl (C=O) groups is 2. The van der Waals surface area contributed by atoms with Crippen molar-refractivity contribution in [3.63, 3.8) is 0 Å². The van der Waals surface area contributed by atoms with Crippen LogP contribution in [0.2, 0.25) is 5.02 Å². The molecule has 1 aromatic rings. The van der Waals surface area contributed by atoms with E-state index in [1.807, 2.05) is 31.9 Å². The van der Waals surface area contributed by atoms with Crippen molar-refractivity contribution in [1.82, 2.24) is 4.90 Å². The van der Waals surface area contributed by atoms with Crippen molar-refractivity contribution >= 4 is 29.0 Å². The second kappa shape index (κ2) is 5.09. The van der Waals surface area contributed by atoms with Gasteiger partial charge in [0.15, 0.2) is 5.78 Å². The Morgan fingerprint density at radius 1 is 1.30 bits per heavy atom. The molecule has 0 aromatic heterocycles. The zero-order valence-electron chi connectivity index (χ0n) is 12.2. The summed E-state index contributed by atoms with van der Waals surface area (Å²) in [5, 5.41) is 0.428. The molecule has 5 heteroatoms. The zero-order valence-corrected chi connectivity index (χ0v) is 13.0. The van der Waals surface area contributed by atoms with Crippen LogP contribution >= 0.6 is 11.6 Å². The van der Waals surface area contributed by atoms with E-state index in [0.717, 1.165) is 12.2 Å². The summed E-state index contributed by atoms with van der Waals surface area (Å²) < 4.78 is 0. The fraction of sp³-hybridized carbons (Fsp3) is 0.467. The molecular weight excluding hydrogens is 276 g/mol. The van der Waals surface area contributed by atoms with Crippen LogP contribution in [0.5, 0.6) is 0 Å². The fourth-order valence-corrected chi connectivity index (χ4v) is 2.93. The highest BCUT2D eigenvalue weighted by atomic mass is 35.5. The largest absolute Gasteiger partial charge is 0.356 e. The van der Waals surface area contributed by atoms with Crippen LogP contribution in [-0.2, 0) is 4.79 Å². The maximum atomic E-state index is 12.3. The molecule has 0 unspecified atom stereocenters. The number of ketones is 1. The smallest absolute Gasteiger partial charge is 0.247 e. The number of rotatable bonds is 2. The zero-order chi connectivity index (χ0) is 15.1. The molecule has 1 aliphatic rings. The van der Waals surface area contributed by atoms with Gasteiger partial charge >= 0.3 is 0 Å². The number of likely N-dealkylation sites (N-methyl/N-ethyl adjacent to an activating group) is 1. The number of halogens is 1. The van der Waals surface area contributed by atoms with Crippen LogP contribution < -0.4 is 4.90 Å². The molecule has 0 atom stereocenters. The van der Waals surface area contributed by atoms with E-state index in [1.54, 1.807) is 17.0 Å². The molecule has 2 rings (SSSR count). The number of hydrogen-bond acceptors (Lipinski definition) is 3. The molecule has 1 aromatic carbocycles. The monoisotopic (exact) mass is 294 g/mol. The van der Waals surface area contributed by atoms with Gasteiger partial charge in [-0.05, 0) is 39.0 Å². The SMILES string of the molecule is CC(=O)c1ccc(N2CCN(C)C(=O)C2(C)C)cc1Cl. The Balaban J connectivity index is 2.39. The second-order valence-electron chi connectivity index (χ2n) is 5.66. The Morgan fingerprint density at radius 3 is 2.50 bits per heavy atom. The molecule has 20 heavy (non-hydrogen) atoms. The number of piperazine rings is 1. The molecule has 1 fully saturated rings. The minimum Gasteiger partial charge on any atom is -0.356 e. The normalized spacial score (nSPS) is 18.4. The Kier molecular flexibility index (Phi) is 3.78. The summed E-state index contributed by atoms with van der Waals surface area (Å²) in [6, 6.07) is 5.33. The van der Waals surface area contributed by atoms with Crippen LogP contribution in [0.15, 0.2) is 18.2 Å². The molecule has 0 radical (unpaired) electrons. The fourth-order valence-electron chi connectivity index (χ4n) is 2.62. The second-order valence-corrected chi connectivity index (χ2v) is 6.06. The lowest BCUT2D eigenvalue weighted by Crippen LogP contribution is -2.62. The van der Waals surface area contributed by atoms with E-state index in [0.29, 0.717) is 17.1 Å². The summed E-state index contributed by atoms with van der Waals surface area (Å²) in [5.41, 5.74) is 0.758. The van der Waals surface area contributed by atoms with Crippen molar-refractivity contribution in [3.8, 4) is 0 Å². The van der Waals surface area contributed by atoms with Gasteiger partial charge in [-0.15, -0.1) is 0 Å². The van der Waals surface area contributed by atoms with E-state index in [9.17, 15) is 9.59 Å². The third kappa shape index (κ3) is 2.40.